The summed E-state index contributed by atoms with van der Waals surface area (Å²) < 4.78 is 25.0. The van der Waals surface area contributed by atoms with Crippen LogP contribution in [0.15, 0.2) is 47.4 Å². The fourth-order valence-corrected chi connectivity index (χ4v) is 4.94. The molecule has 0 aromatic heterocycles. The van der Waals surface area contributed by atoms with E-state index in [1.54, 1.807) is 12.1 Å². The van der Waals surface area contributed by atoms with E-state index in [-0.39, 0.29) is 5.75 Å². The Labute approximate surface area is 118 Å². The van der Waals surface area contributed by atoms with Crippen molar-refractivity contribution in [3.8, 4) is 0 Å². The van der Waals surface area contributed by atoms with Crippen LogP contribution in [0.3, 0.4) is 0 Å². The van der Waals surface area contributed by atoms with E-state index >= 15 is 0 Å². The Morgan fingerprint density at radius 2 is 1.75 bits per heavy atom. The minimum absolute atomic E-state index is 0.135. The Balaban J connectivity index is 2.03. The molecule has 1 aliphatic heterocycles. The van der Waals surface area contributed by atoms with Crippen LogP contribution in [-0.4, -0.2) is 14.2 Å². The first-order chi connectivity index (χ1) is 9.56. The topological polar surface area (TPSA) is 34.1 Å². The van der Waals surface area contributed by atoms with Gasteiger partial charge in [-0.3, -0.25) is 0 Å². The van der Waals surface area contributed by atoms with Gasteiger partial charge in [0.25, 0.3) is 0 Å². The van der Waals surface area contributed by atoms with E-state index in [2.05, 4.69) is 18.2 Å². The number of sulfone groups is 1. The van der Waals surface area contributed by atoms with Gasteiger partial charge < -0.3 is 0 Å². The van der Waals surface area contributed by atoms with Gasteiger partial charge in [-0.1, -0.05) is 42.0 Å². The molecule has 100 valence electrons. The average molecular weight is 282 g/mol. The Hall–Kier alpha value is -1.87. The molecule has 0 bridgehead atoms. The largest absolute Gasteiger partial charge is 0.223 e. The van der Waals surface area contributed by atoms with E-state index in [1.807, 2.05) is 19.1 Å². The summed E-state index contributed by atoms with van der Waals surface area (Å²) in [4.78, 5) is 0.489. The highest BCUT2D eigenvalue weighted by molar-refractivity contribution is 7.92. The number of benzene rings is 2. The minimum Gasteiger partial charge on any atom is -0.223 e. The quantitative estimate of drug-likeness (QED) is 0.743. The third kappa shape index (κ3) is 1.53. The summed E-state index contributed by atoms with van der Waals surface area (Å²) in [5.74, 6) is 0.135. The van der Waals surface area contributed by atoms with Gasteiger partial charge in [0.2, 0.25) is 0 Å². The maximum atomic E-state index is 12.5. The first-order valence-electron chi connectivity index (χ1n) is 6.70. The second-order valence-corrected chi connectivity index (χ2v) is 7.51. The summed E-state index contributed by atoms with van der Waals surface area (Å²) in [5, 5.41) is 0. The number of aryl methyl sites for hydroxylation is 1. The fraction of sp³-hybridized carbons (Fsp3) is 0.176. The van der Waals surface area contributed by atoms with E-state index in [9.17, 15) is 8.42 Å². The van der Waals surface area contributed by atoms with Crippen molar-refractivity contribution in [2.75, 3.05) is 5.75 Å². The predicted molar refractivity (Wildman–Crippen MR) is 80.2 cm³/mol. The molecule has 0 saturated heterocycles. The molecule has 2 aliphatic rings. The molecule has 4 rings (SSSR count). The van der Waals surface area contributed by atoms with Crippen LogP contribution in [0.25, 0.3) is 11.1 Å². The molecule has 2 nitrogen and oxygen atoms in total. The molecule has 1 aliphatic carbocycles. The first-order valence-corrected chi connectivity index (χ1v) is 8.35. The van der Waals surface area contributed by atoms with Gasteiger partial charge in [-0.05, 0) is 47.2 Å². The van der Waals surface area contributed by atoms with E-state index < -0.39 is 9.84 Å². The van der Waals surface area contributed by atoms with Gasteiger partial charge in [0.1, 0.15) is 0 Å². The van der Waals surface area contributed by atoms with Gasteiger partial charge in [0.15, 0.2) is 9.84 Å². The summed E-state index contributed by atoms with van der Waals surface area (Å²) >= 11 is 0. The molecule has 0 atom stereocenters. The van der Waals surface area contributed by atoms with Crippen LogP contribution in [0, 0.1) is 6.92 Å². The monoisotopic (exact) mass is 282 g/mol. The number of hydrogen-bond donors (Lipinski definition) is 0. The third-order valence-corrected chi connectivity index (χ3v) is 5.90. The average Bonchev–Trinajstić information content (AvgIpc) is 2.77. The highest BCUT2D eigenvalue weighted by atomic mass is 32.2. The Kier molecular flexibility index (Phi) is 2.28. The molecule has 20 heavy (non-hydrogen) atoms. The molecule has 2 aromatic rings. The summed E-state index contributed by atoms with van der Waals surface area (Å²) in [7, 11) is -3.21. The van der Waals surface area contributed by atoms with Crippen molar-refractivity contribution in [2.45, 2.75) is 18.2 Å². The van der Waals surface area contributed by atoms with E-state index in [0.717, 1.165) is 23.1 Å². The third-order valence-electron chi connectivity index (χ3n) is 4.20. The Morgan fingerprint density at radius 3 is 2.60 bits per heavy atom. The second-order valence-electron chi connectivity index (χ2n) is 5.55. The summed E-state index contributed by atoms with van der Waals surface area (Å²) in [6.07, 6.45) is 0.845. The molecule has 0 fully saturated rings. The van der Waals surface area contributed by atoms with Gasteiger partial charge in [-0.2, -0.15) is 0 Å². The van der Waals surface area contributed by atoms with Crippen molar-refractivity contribution in [2.24, 2.45) is 0 Å². The van der Waals surface area contributed by atoms with E-state index in [1.165, 1.54) is 16.7 Å². The lowest BCUT2D eigenvalue weighted by atomic mass is 10.0. The first kappa shape index (κ1) is 11.9. The van der Waals surface area contributed by atoms with Crippen molar-refractivity contribution in [3.63, 3.8) is 0 Å². The fourth-order valence-electron chi connectivity index (χ4n) is 3.26. The standard InChI is InChI=1S/C17H14O2S/c1-11-6-7-12-9-15-13-4-2-3-5-17(13)20(18,19)10-16(15)14(12)8-11/h2-8H,9-10H2,1H3. The van der Waals surface area contributed by atoms with Gasteiger partial charge in [-0.15, -0.1) is 0 Å². The Bertz CT molecular complexity index is 874. The summed E-state index contributed by atoms with van der Waals surface area (Å²) in [5.41, 5.74) is 6.63. The van der Waals surface area contributed by atoms with Crippen molar-refractivity contribution < 1.29 is 8.42 Å². The Morgan fingerprint density at radius 1 is 0.950 bits per heavy atom. The zero-order valence-electron chi connectivity index (χ0n) is 11.2. The highest BCUT2D eigenvalue weighted by Crippen LogP contribution is 2.45. The van der Waals surface area contributed by atoms with Crippen molar-refractivity contribution in [1.82, 2.24) is 0 Å². The zero-order valence-corrected chi connectivity index (χ0v) is 12.0. The molecular formula is C17H14O2S. The highest BCUT2D eigenvalue weighted by Gasteiger charge is 2.34. The molecule has 0 N–H and O–H groups in total. The van der Waals surface area contributed by atoms with Crippen molar-refractivity contribution in [1.29, 1.82) is 0 Å². The van der Waals surface area contributed by atoms with Gasteiger partial charge in [-0.25, -0.2) is 8.42 Å². The molecule has 0 saturated carbocycles. The predicted octanol–water partition coefficient (Wildman–Crippen LogP) is 3.25. The molecule has 2 aromatic carbocycles. The molecule has 0 radical (unpaired) electrons. The van der Waals surface area contributed by atoms with Crippen molar-refractivity contribution in [3.05, 3.63) is 64.7 Å². The van der Waals surface area contributed by atoms with Crippen LogP contribution in [0.4, 0.5) is 0 Å². The summed E-state index contributed by atoms with van der Waals surface area (Å²) in [6, 6.07) is 13.7. The molecule has 0 unspecified atom stereocenters. The van der Waals surface area contributed by atoms with Crippen LogP contribution >= 0.6 is 0 Å². The van der Waals surface area contributed by atoms with Crippen molar-refractivity contribution >= 4 is 21.0 Å². The molecule has 0 amide bonds. The smallest absolute Gasteiger partial charge is 0.183 e. The lowest BCUT2D eigenvalue weighted by Gasteiger charge is -2.19. The molecular weight excluding hydrogens is 268 g/mol. The van der Waals surface area contributed by atoms with Crippen LogP contribution < -0.4 is 0 Å². The number of allylic oxidation sites excluding steroid dienone is 1. The maximum absolute atomic E-state index is 12.5. The number of fused-ring (bicyclic) bond motifs is 4. The number of hydrogen-bond acceptors (Lipinski definition) is 2. The molecule has 3 heteroatoms. The van der Waals surface area contributed by atoms with Gasteiger partial charge >= 0.3 is 0 Å². The van der Waals surface area contributed by atoms with Crippen LogP contribution in [0.2, 0.25) is 0 Å². The molecule has 1 heterocycles. The number of rotatable bonds is 0. The van der Waals surface area contributed by atoms with Crippen LogP contribution in [0.1, 0.15) is 22.3 Å². The zero-order chi connectivity index (χ0) is 13.9. The lowest BCUT2D eigenvalue weighted by molar-refractivity contribution is 0.598. The van der Waals surface area contributed by atoms with E-state index in [4.69, 9.17) is 0 Å². The van der Waals surface area contributed by atoms with Crippen LogP contribution in [-0.2, 0) is 16.3 Å². The lowest BCUT2D eigenvalue weighted by Crippen LogP contribution is -2.15. The second kappa shape index (κ2) is 3.83. The molecule has 0 spiro atoms. The SMILES string of the molecule is Cc1ccc2c(c1)C1=C(C2)c2ccccc2S(=O)(=O)C1. The van der Waals surface area contributed by atoms with Gasteiger partial charge in [0, 0.05) is 0 Å². The van der Waals surface area contributed by atoms with E-state index in [0.29, 0.717) is 4.90 Å². The van der Waals surface area contributed by atoms with Crippen LogP contribution in [0.5, 0.6) is 0 Å². The normalized spacial score (nSPS) is 18.4. The maximum Gasteiger partial charge on any atom is 0.183 e. The minimum atomic E-state index is -3.21. The summed E-state index contributed by atoms with van der Waals surface area (Å²) in [6.45, 7) is 2.05. The van der Waals surface area contributed by atoms with Gasteiger partial charge in [0.05, 0.1) is 10.6 Å².